The molecule has 3 heteroatoms. The molecule has 0 unspecified atom stereocenters. The quantitative estimate of drug-likeness (QED) is 0.289. The number of carbonyl (C=O) groups is 2. The third-order valence-electron chi connectivity index (χ3n) is 2.75. The van der Waals surface area contributed by atoms with Crippen molar-refractivity contribution < 1.29 is 14.3 Å². The number of rotatable bonds is 7. The zero-order valence-corrected chi connectivity index (χ0v) is 9.91. The van der Waals surface area contributed by atoms with Crippen molar-refractivity contribution in [3.63, 3.8) is 0 Å². The first-order valence-electron chi connectivity index (χ1n) is 6.15. The molecule has 1 rings (SSSR count). The second-order valence-electron chi connectivity index (χ2n) is 4.23. The Hall–Kier alpha value is -1.12. The van der Waals surface area contributed by atoms with Gasteiger partial charge in [-0.05, 0) is 12.8 Å². The third kappa shape index (κ3) is 4.60. The van der Waals surface area contributed by atoms with Crippen molar-refractivity contribution in [2.24, 2.45) is 5.92 Å². The fourth-order valence-corrected chi connectivity index (χ4v) is 1.77. The van der Waals surface area contributed by atoms with Gasteiger partial charge in [0.2, 0.25) is 0 Å². The van der Waals surface area contributed by atoms with Crippen LogP contribution < -0.4 is 0 Å². The number of carbonyl (C=O) groups excluding carboxylic acids is 2. The van der Waals surface area contributed by atoms with E-state index in [1.165, 1.54) is 25.7 Å². The molecular formula is C13H20O3. The summed E-state index contributed by atoms with van der Waals surface area (Å²) in [6.45, 7) is 2.20. The van der Waals surface area contributed by atoms with Crippen LogP contribution in [-0.2, 0) is 14.3 Å². The van der Waals surface area contributed by atoms with Crippen LogP contribution in [0.5, 0.6) is 0 Å². The summed E-state index contributed by atoms with van der Waals surface area (Å²) < 4.78 is 4.45. The highest BCUT2D eigenvalue weighted by Crippen LogP contribution is 2.17. The van der Waals surface area contributed by atoms with Gasteiger partial charge in [-0.15, -0.1) is 0 Å². The molecule has 16 heavy (non-hydrogen) atoms. The number of unbranched alkanes of at least 4 members (excludes halogenated alkanes) is 5. The maximum atomic E-state index is 11.1. The van der Waals surface area contributed by atoms with E-state index in [-0.39, 0.29) is 12.3 Å². The molecule has 0 N–H and O–H groups in total. The summed E-state index contributed by atoms with van der Waals surface area (Å²) in [5, 5.41) is 0. The Morgan fingerprint density at radius 3 is 2.62 bits per heavy atom. The fraction of sp³-hybridized carbons (Fsp3) is 0.692. The van der Waals surface area contributed by atoms with Gasteiger partial charge >= 0.3 is 11.9 Å². The molecule has 0 aliphatic carbocycles. The van der Waals surface area contributed by atoms with Crippen molar-refractivity contribution in [3.05, 3.63) is 12.2 Å². The van der Waals surface area contributed by atoms with Crippen molar-refractivity contribution in [2.75, 3.05) is 0 Å². The highest BCUT2D eigenvalue weighted by atomic mass is 16.6. The predicted molar refractivity (Wildman–Crippen MR) is 61.7 cm³/mol. The molecule has 1 saturated heterocycles. The van der Waals surface area contributed by atoms with Gasteiger partial charge in [-0.25, -0.2) is 0 Å². The number of allylic oxidation sites excluding steroid dienone is 1. The summed E-state index contributed by atoms with van der Waals surface area (Å²) in [7, 11) is 0. The Kier molecular flexibility index (Phi) is 5.83. The normalized spacial score (nSPS) is 20.7. The second kappa shape index (κ2) is 7.20. The van der Waals surface area contributed by atoms with Crippen molar-refractivity contribution in [2.45, 2.75) is 51.9 Å². The molecular weight excluding hydrogens is 204 g/mol. The first-order valence-corrected chi connectivity index (χ1v) is 6.15. The predicted octanol–water partition coefficient (Wildman–Crippen LogP) is 2.99. The van der Waals surface area contributed by atoms with E-state index in [9.17, 15) is 9.59 Å². The van der Waals surface area contributed by atoms with Gasteiger partial charge in [-0.1, -0.05) is 44.8 Å². The maximum Gasteiger partial charge on any atom is 0.321 e. The largest absolute Gasteiger partial charge is 0.393 e. The molecule has 1 heterocycles. The van der Waals surface area contributed by atoms with Gasteiger partial charge in [0.05, 0.1) is 12.3 Å². The SMILES string of the molecule is CCCCCCC/C=C\[C@H]1CC(=O)OC1=O. The van der Waals surface area contributed by atoms with Crippen LogP contribution >= 0.6 is 0 Å². The van der Waals surface area contributed by atoms with Gasteiger partial charge in [0.15, 0.2) is 0 Å². The topological polar surface area (TPSA) is 43.4 Å². The van der Waals surface area contributed by atoms with Gasteiger partial charge in [0.1, 0.15) is 0 Å². The molecule has 0 aromatic carbocycles. The smallest absolute Gasteiger partial charge is 0.321 e. The zero-order valence-electron chi connectivity index (χ0n) is 9.91. The van der Waals surface area contributed by atoms with Crippen LogP contribution in [0.25, 0.3) is 0 Å². The van der Waals surface area contributed by atoms with Gasteiger partial charge in [-0.2, -0.15) is 0 Å². The first-order chi connectivity index (χ1) is 7.74. The van der Waals surface area contributed by atoms with Crippen molar-refractivity contribution in [1.82, 2.24) is 0 Å². The van der Waals surface area contributed by atoms with Gasteiger partial charge < -0.3 is 4.74 Å². The summed E-state index contributed by atoms with van der Waals surface area (Å²) >= 11 is 0. The fourth-order valence-electron chi connectivity index (χ4n) is 1.77. The van der Waals surface area contributed by atoms with E-state index in [4.69, 9.17) is 0 Å². The van der Waals surface area contributed by atoms with Crippen LogP contribution in [-0.4, -0.2) is 11.9 Å². The lowest BCUT2D eigenvalue weighted by atomic mass is 10.1. The molecule has 1 aliphatic rings. The number of esters is 2. The van der Waals surface area contributed by atoms with E-state index in [1.807, 2.05) is 12.2 Å². The minimum absolute atomic E-state index is 0.213. The zero-order chi connectivity index (χ0) is 11.8. The van der Waals surface area contributed by atoms with E-state index >= 15 is 0 Å². The van der Waals surface area contributed by atoms with Crippen molar-refractivity contribution in [3.8, 4) is 0 Å². The standard InChI is InChI=1S/C13H20O3/c1-2-3-4-5-6-7-8-9-11-10-12(14)16-13(11)15/h8-9,11H,2-7,10H2,1H3/b9-8-/t11-/m0/s1. The molecule has 1 fully saturated rings. The Morgan fingerprint density at radius 2 is 2.00 bits per heavy atom. The molecule has 0 aromatic rings. The summed E-state index contributed by atoms with van der Waals surface area (Å²) in [4.78, 5) is 21.9. The number of hydrogen-bond donors (Lipinski definition) is 0. The molecule has 0 aromatic heterocycles. The monoisotopic (exact) mass is 224 g/mol. The lowest BCUT2D eigenvalue weighted by molar-refractivity contribution is -0.152. The van der Waals surface area contributed by atoms with Crippen LogP contribution in [0.15, 0.2) is 12.2 Å². The molecule has 1 aliphatic heterocycles. The first kappa shape index (κ1) is 12.9. The van der Waals surface area contributed by atoms with Crippen LogP contribution in [0.2, 0.25) is 0 Å². The Labute approximate surface area is 96.9 Å². The van der Waals surface area contributed by atoms with Crippen LogP contribution in [0.1, 0.15) is 51.9 Å². The number of hydrogen-bond acceptors (Lipinski definition) is 3. The van der Waals surface area contributed by atoms with E-state index < -0.39 is 11.9 Å². The Bertz CT molecular complexity index is 268. The average molecular weight is 224 g/mol. The molecule has 90 valence electrons. The molecule has 0 saturated carbocycles. The van der Waals surface area contributed by atoms with Crippen LogP contribution in [0, 0.1) is 5.92 Å². The molecule has 0 bridgehead atoms. The third-order valence-corrected chi connectivity index (χ3v) is 2.75. The number of cyclic esters (lactones) is 2. The summed E-state index contributed by atoms with van der Waals surface area (Å²) in [6, 6.07) is 0. The lowest BCUT2D eigenvalue weighted by Gasteiger charge is -1.97. The number of ether oxygens (including phenoxy) is 1. The van der Waals surface area contributed by atoms with Gasteiger partial charge in [0.25, 0.3) is 0 Å². The summed E-state index contributed by atoms with van der Waals surface area (Å²) in [5.41, 5.74) is 0. The van der Waals surface area contributed by atoms with E-state index in [2.05, 4.69) is 11.7 Å². The van der Waals surface area contributed by atoms with Crippen molar-refractivity contribution in [1.29, 1.82) is 0 Å². The van der Waals surface area contributed by atoms with Gasteiger partial charge in [0, 0.05) is 0 Å². The molecule has 1 atom stereocenters. The van der Waals surface area contributed by atoms with Gasteiger partial charge in [-0.3, -0.25) is 9.59 Å². The van der Waals surface area contributed by atoms with E-state index in [1.54, 1.807) is 0 Å². The lowest BCUT2D eigenvalue weighted by Crippen LogP contribution is -2.03. The minimum atomic E-state index is -0.400. The Morgan fingerprint density at radius 1 is 1.25 bits per heavy atom. The summed E-state index contributed by atoms with van der Waals surface area (Å²) in [6.07, 6.45) is 11.3. The minimum Gasteiger partial charge on any atom is -0.393 e. The van der Waals surface area contributed by atoms with Crippen LogP contribution in [0.4, 0.5) is 0 Å². The molecule has 0 spiro atoms. The average Bonchev–Trinajstić information content (AvgIpc) is 2.56. The van der Waals surface area contributed by atoms with E-state index in [0.29, 0.717) is 0 Å². The van der Waals surface area contributed by atoms with Crippen LogP contribution in [0.3, 0.4) is 0 Å². The molecule has 3 nitrogen and oxygen atoms in total. The van der Waals surface area contributed by atoms with E-state index in [0.717, 1.165) is 12.8 Å². The molecule has 0 amide bonds. The highest BCUT2D eigenvalue weighted by Gasteiger charge is 2.30. The second-order valence-corrected chi connectivity index (χ2v) is 4.23. The van der Waals surface area contributed by atoms with Crippen molar-refractivity contribution >= 4 is 11.9 Å². The highest BCUT2D eigenvalue weighted by molar-refractivity contribution is 5.95. The Balaban J connectivity index is 2.08. The maximum absolute atomic E-state index is 11.1. The molecule has 0 radical (unpaired) electrons. The summed E-state index contributed by atoms with van der Waals surface area (Å²) in [5.74, 6) is -1.13.